The molecule has 0 amide bonds. The molecular formula is C11H14O2. The van der Waals surface area contributed by atoms with Gasteiger partial charge in [0, 0.05) is 5.92 Å². The molecular weight excluding hydrogens is 164 g/mol. The van der Waals surface area contributed by atoms with Gasteiger partial charge >= 0.3 is 0 Å². The summed E-state index contributed by atoms with van der Waals surface area (Å²) in [6, 6.07) is 9.75. The number of rotatable bonds is 3. The van der Waals surface area contributed by atoms with E-state index in [1.165, 1.54) is 0 Å². The smallest absolute Gasteiger partial charge is 0.119 e. The molecule has 13 heavy (non-hydrogen) atoms. The molecule has 70 valence electrons. The Bertz CT molecular complexity index is 269. The van der Waals surface area contributed by atoms with Gasteiger partial charge in [-0.2, -0.15) is 0 Å². The third-order valence-electron chi connectivity index (χ3n) is 2.43. The second kappa shape index (κ2) is 3.38. The van der Waals surface area contributed by atoms with Crippen molar-refractivity contribution in [1.82, 2.24) is 0 Å². The van der Waals surface area contributed by atoms with Gasteiger partial charge in [0.15, 0.2) is 0 Å². The van der Waals surface area contributed by atoms with Crippen molar-refractivity contribution >= 4 is 0 Å². The van der Waals surface area contributed by atoms with Crippen LogP contribution in [0.4, 0.5) is 0 Å². The van der Waals surface area contributed by atoms with E-state index in [1.54, 1.807) is 0 Å². The molecule has 1 aliphatic rings. The highest BCUT2D eigenvalue weighted by Gasteiger charge is 2.42. The highest BCUT2D eigenvalue weighted by Crippen LogP contribution is 2.37. The number of aliphatic hydroxyl groups is 1. The van der Waals surface area contributed by atoms with Crippen molar-refractivity contribution in [3.63, 3.8) is 0 Å². The van der Waals surface area contributed by atoms with Gasteiger partial charge < -0.3 is 9.84 Å². The van der Waals surface area contributed by atoms with Crippen molar-refractivity contribution in [2.24, 2.45) is 5.92 Å². The fourth-order valence-electron chi connectivity index (χ4n) is 1.51. The molecule has 0 aliphatic heterocycles. The summed E-state index contributed by atoms with van der Waals surface area (Å²) in [7, 11) is 0. The van der Waals surface area contributed by atoms with Crippen molar-refractivity contribution in [3.05, 3.63) is 30.3 Å². The van der Waals surface area contributed by atoms with Crippen LogP contribution in [0.25, 0.3) is 0 Å². The molecule has 0 heterocycles. The minimum atomic E-state index is -0.242. The van der Waals surface area contributed by atoms with Crippen LogP contribution in [-0.2, 0) is 0 Å². The Balaban J connectivity index is 1.88. The number of para-hydroxylation sites is 1. The summed E-state index contributed by atoms with van der Waals surface area (Å²) in [6.07, 6.45) is 0.961. The first-order valence-electron chi connectivity index (χ1n) is 4.67. The molecule has 0 bridgehead atoms. The second-order valence-corrected chi connectivity index (χ2v) is 3.61. The number of hydrogen-bond donors (Lipinski definition) is 1. The van der Waals surface area contributed by atoms with Crippen molar-refractivity contribution in [2.75, 3.05) is 0 Å². The van der Waals surface area contributed by atoms with Crippen molar-refractivity contribution in [3.8, 4) is 5.75 Å². The summed E-state index contributed by atoms with van der Waals surface area (Å²) >= 11 is 0. The normalized spacial score (nSPS) is 28.2. The van der Waals surface area contributed by atoms with Gasteiger partial charge in [0.1, 0.15) is 11.9 Å². The van der Waals surface area contributed by atoms with E-state index in [2.05, 4.69) is 0 Å². The zero-order valence-corrected chi connectivity index (χ0v) is 7.68. The second-order valence-electron chi connectivity index (χ2n) is 3.61. The van der Waals surface area contributed by atoms with E-state index >= 15 is 0 Å². The van der Waals surface area contributed by atoms with Crippen LogP contribution in [-0.4, -0.2) is 17.3 Å². The molecule has 2 nitrogen and oxygen atoms in total. The van der Waals surface area contributed by atoms with E-state index in [9.17, 15) is 5.11 Å². The monoisotopic (exact) mass is 178 g/mol. The number of benzene rings is 1. The molecule has 1 aliphatic carbocycles. The molecule has 1 fully saturated rings. The number of ether oxygens (including phenoxy) is 1. The van der Waals surface area contributed by atoms with Gasteiger partial charge in [-0.1, -0.05) is 18.2 Å². The lowest BCUT2D eigenvalue weighted by molar-refractivity contribution is 0.145. The predicted molar refractivity (Wildman–Crippen MR) is 50.6 cm³/mol. The van der Waals surface area contributed by atoms with Gasteiger partial charge in [-0.3, -0.25) is 0 Å². The van der Waals surface area contributed by atoms with Crippen LogP contribution in [0.3, 0.4) is 0 Å². The molecule has 2 heteroatoms. The lowest BCUT2D eigenvalue weighted by atomic mass is 10.3. The molecule has 0 aromatic heterocycles. The first kappa shape index (κ1) is 8.57. The van der Waals surface area contributed by atoms with Crippen LogP contribution in [0, 0.1) is 5.92 Å². The number of aliphatic hydroxyl groups excluding tert-OH is 1. The summed E-state index contributed by atoms with van der Waals surface area (Å²) in [5.41, 5.74) is 0. The Kier molecular flexibility index (Phi) is 2.23. The Hall–Kier alpha value is -1.02. The van der Waals surface area contributed by atoms with Gasteiger partial charge in [0.05, 0.1) is 6.10 Å². The average molecular weight is 178 g/mol. The quantitative estimate of drug-likeness (QED) is 0.765. The molecule has 0 saturated heterocycles. The van der Waals surface area contributed by atoms with Crippen LogP contribution < -0.4 is 4.74 Å². The largest absolute Gasteiger partial charge is 0.490 e. The Morgan fingerprint density at radius 3 is 2.62 bits per heavy atom. The summed E-state index contributed by atoms with van der Waals surface area (Å²) in [4.78, 5) is 0. The molecule has 1 N–H and O–H groups in total. The van der Waals surface area contributed by atoms with Crippen LogP contribution in [0.2, 0.25) is 0 Å². The van der Waals surface area contributed by atoms with Gasteiger partial charge in [-0.25, -0.2) is 0 Å². The maximum atomic E-state index is 9.26. The highest BCUT2D eigenvalue weighted by molar-refractivity contribution is 5.22. The van der Waals surface area contributed by atoms with Gasteiger partial charge in [-0.05, 0) is 25.5 Å². The van der Waals surface area contributed by atoms with Crippen LogP contribution >= 0.6 is 0 Å². The average Bonchev–Trinajstić information content (AvgIpc) is 2.86. The first-order chi connectivity index (χ1) is 6.27. The summed E-state index contributed by atoms with van der Waals surface area (Å²) < 4.78 is 5.64. The van der Waals surface area contributed by atoms with E-state index in [1.807, 2.05) is 37.3 Å². The van der Waals surface area contributed by atoms with E-state index in [0.29, 0.717) is 5.92 Å². The summed E-state index contributed by atoms with van der Waals surface area (Å²) in [6.45, 7) is 1.82. The van der Waals surface area contributed by atoms with Crippen LogP contribution in [0.15, 0.2) is 30.3 Å². The van der Waals surface area contributed by atoms with Gasteiger partial charge in [0.25, 0.3) is 0 Å². The Morgan fingerprint density at radius 2 is 2.08 bits per heavy atom. The molecule has 3 atom stereocenters. The molecule has 2 rings (SSSR count). The molecule has 0 radical (unpaired) electrons. The zero-order chi connectivity index (χ0) is 9.26. The summed E-state index contributed by atoms with van der Waals surface area (Å²) in [5, 5.41) is 9.26. The molecule has 1 aromatic rings. The van der Waals surface area contributed by atoms with E-state index < -0.39 is 0 Å². The minimum Gasteiger partial charge on any atom is -0.490 e. The molecule has 0 spiro atoms. The fourth-order valence-corrected chi connectivity index (χ4v) is 1.51. The van der Waals surface area contributed by atoms with Gasteiger partial charge in [-0.15, -0.1) is 0 Å². The van der Waals surface area contributed by atoms with Crippen molar-refractivity contribution < 1.29 is 9.84 Å². The van der Waals surface area contributed by atoms with E-state index in [-0.39, 0.29) is 12.2 Å². The van der Waals surface area contributed by atoms with Crippen LogP contribution in [0.1, 0.15) is 13.3 Å². The third kappa shape index (κ3) is 2.01. The molecule has 3 unspecified atom stereocenters. The first-order valence-corrected chi connectivity index (χ1v) is 4.67. The molecule has 1 aromatic carbocycles. The standard InChI is InChI=1S/C11H14O2/c1-8(12)10-7-11(10)13-9-5-3-2-4-6-9/h2-6,8,10-12H,7H2,1H3. The predicted octanol–water partition coefficient (Wildman–Crippen LogP) is 1.83. The van der Waals surface area contributed by atoms with Crippen molar-refractivity contribution in [1.29, 1.82) is 0 Å². The minimum absolute atomic E-state index is 0.224. The number of hydrogen-bond acceptors (Lipinski definition) is 2. The van der Waals surface area contributed by atoms with E-state index in [4.69, 9.17) is 4.74 Å². The van der Waals surface area contributed by atoms with Crippen molar-refractivity contribution in [2.45, 2.75) is 25.6 Å². The summed E-state index contributed by atoms with van der Waals surface area (Å²) in [5.74, 6) is 1.23. The topological polar surface area (TPSA) is 29.5 Å². The maximum absolute atomic E-state index is 9.26. The van der Waals surface area contributed by atoms with Crippen LogP contribution in [0.5, 0.6) is 5.75 Å². The third-order valence-corrected chi connectivity index (χ3v) is 2.43. The molecule has 1 saturated carbocycles. The highest BCUT2D eigenvalue weighted by atomic mass is 16.5. The Morgan fingerprint density at radius 1 is 1.38 bits per heavy atom. The van der Waals surface area contributed by atoms with E-state index in [0.717, 1.165) is 12.2 Å². The fraction of sp³-hybridized carbons (Fsp3) is 0.455. The maximum Gasteiger partial charge on any atom is 0.119 e. The lowest BCUT2D eigenvalue weighted by Crippen LogP contribution is -2.10. The lowest BCUT2D eigenvalue weighted by Gasteiger charge is -2.06. The Labute approximate surface area is 78.2 Å². The zero-order valence-electron chi connectivity index (χ0n) is 7.68. The van der Waals surface area contributed by atoms with Gasteiger partial charge in [0.2, 0.25) is 0 Å². The SMILES string of the molecule is CC(O)C1CC1Oc1ccccc1.